The van der Waals surface area contributed by atoms with Gasteiger partial charge in [-0.1, -0.05) is 65.0 Å². The van der Waals surface area contributed by atoms with Gasteiger partial charge in [0.25, 0.3) is 10.6 Å². The third-order valence-corrected chi connectivity index (χ3v) is 8.93. The maximum atomic E-state index is 13.3. The molecule has 5 rings (SSSR count). The average molecular weight is 499 g/mol. The monoisotopic (exact) mass is 498 g/mol. The molecule has 0 saturated heterocycles. The van der Waals surface area contributed by atoms with Gasteiger partial charge in [0, 0.05) is 29.1 Å². The standard InChI is InChI=1S/C24H21ClN3OS3/c1-3-28-21(14-20-27(11-12-30-20)15-16-7-5-4-6-8-16)32-22(23(28)29)24-26(2)18-10-9-17(25)13-19(18)31-24/h4-14H,3,15H2,1-2H3/q+1. The van der Waals surface area contributed by atoms with Crippen LogP contribution in [0.4, 0.5) is 5.69 Å². The number of hydrogen-bond acceptors (Lipinski definition) is 5. The topological polar surface area (TPSA) is 29.1 Å². The van der Waals surface area contributed by atoms with Crippen LogP contribution in [-0.4, -0.2) is 11.6 Å². The lowest BCUT2D eigenvalue weighted by molar-refractivity contribution is -0.685. The highest BCUT2D eigenvalue weighted by Crippen LogP contribution is 2.46. The van der Waals surface area contributed by atoms with Crippen LogP contribution in [0.15, 0.2) is 69.8 Å². The highest BCUT2D eigenvalue weighted by molar-refractivity contribution is 8.08. The van der Waals surface area contributed by atoms with Gasteiger partial charge in [0.2, 0.25) is 0 Å². The molecular formula is C24H21ClN3OS3+. The zero-order valence-corrected chi connectivity index (χ0v) is 20.8. The average Bonchev–Trinajstić information content (AvgIpc) is 3.45. The molecule has 0 N–H and O–H groups in total. The second-order valence-electron chi connectivity index (χ2n) is 7.40. The summed E-state index contributed by atoms with van der Waals surface area (Å²) in [5.74, 6) is 0. The third kappa shape index (κ3) is 3.94. The molecular weight excluding hydrogens is 478 g/mol. The van der Waals surface area contributed by atoms with E-state index in [-0.39, 0.29) is 5.56 Å². The summed E-state index contributed by atoms with van der Waals surface area (Å²) < 4.78 is 5.83. The van der Waals surface area contributed by atoms with E-state index in [2.05, 4.69) is 51.4 Å². The van der Waals surface area contributed by atoms with Crippen LogP contribution in [0.2, 0.25) is 5.02 Å². The van der Waals surface area contributed by atoms with E-state index < -0.39 is 0 Å². The lowest BCUT2D eigenvalue weighted by atomic mass is 10.2. The fourth-order valence-corrected chi connectivity index (χ4v) is 7.34. The minimum atomic E-state index is 0.0585. The van der Waals surface area contributed by atoms with Crippen molar-refractivity contribution in [2.45, 2.75) is 24.9 Å². The molecule has 0 radical (unpaired) electrons. The number of nitrogens with zero attached hydrogens (tertiary/aromatic N) is 3. The van der Waals surface area contributed by atoms with Gasteiger partial charge in [-0.2, -0.15) is 4.57 Å². The van der Waals surface area contributed by atoms with Crippen LogP contribution < -0.4 is 24.2 Å². The van der Waals surface area contributed by atoms with Crippen LogP contribution in [-0.2, 0) is 13.1 Å². The fraction of sp³-hybridized carbons (Fsp3) is 0.167. The molecule has 1 aliphatic rings. The van der Waals surface area contributed by atoms with Crippen molar-refractivity contribution < 1.29 is 4.57 Å². The molecule has 0 fully saturated rings. The molecule has 0 bridgehead atoms. The Kier molecular flexibility index (Phi) is 5.99. The van der Waals surface area contributed by atoms with Gasteiger partial charge in [-0.3, -0.25) is 9.36 Å². The van der Waals surface area contributed by atoms with E-state index in [9.17, 15) is 4.79 Å². The molecule has 0 atom stereocenters. The van der Waals surface area contributed by atoms with Gasteiger partial charge < -0.3 is 4.90 Å². The Balaban J connectivity index is 1.61. The maximum absolute atomic E-state index is 13.3. The molecule has 0 unspecified atom stereocenters. The Morgan fingerprint density at radius 1 is 1.16 bits per heavy atom. The minimum Gasteiger partial charge on any atom is -0.337 e. The van der Waals surface area contributed by atoms with Crippen molar-refractivity contribution in [3.8, 4) is 0 Å². The zero-order valence-electron chi connectivity index (χ0n) is 17.6. The van der Waals surface area contributed by atoms with E-state index in [1.165, 1.54) is 5.56 Å². The van der Waals surface area contributed by atoms with Crippen LogP contribution in [0.1, 0.15) is 17.5 Å². The minimum absolute atomic E-state index is 0.0585. The van der Waals surface area contributed by atoms with Crippen LogP contribution in [0, 0.1) is 0 Å². The summed E-state index contributed by atoms with van der Waals surface area (Å²) in [4.78, 5) is 16.5. The number of halogens is 1. The van der Waals surface area contributed by atoms with Crippen molar-refractivity contribution in [2.75, 3.05) is 11.9 Å². The number of anilines is 1. The molecule has 162 valence electrons. The van der Waals surface area contributed by atoms with Crippen LogP contribution in [0.5, 0.6) is 0 Å². The molecule has 0 aliphatic carbocycles. The predicted molar refractivity (Wildman–Crippen MR) is 136 cm³/mol. The van der Waals surface area contributed by atoms with E-state index in [1.807, 2.05) is 42.8 Å². The Morgan fingerprint density at radius 3 is 2.75 bits per heavy atom. The summed E-state index contributed by atoms with van der Waals surface area (Å²) >= 11 is 11.0. The number of fused-ring (bicyclic) bond motifs is 1. The molecule has 32 heavy (non-hydrogen) atoms. The highest BCUT2D eigenvalue weighted by Gasteiger charge is 2.25. The van der Waals surface area contributed by atoms with Gasteiger partial charge >= 0.3 is 0 Å². The van der Waals surface area contributed by atoms with Crippen molar-refractivity contribution in [3.05, 3.63) is 95.3 Å². The molecule has 0 amide bonds. The smallest absolute Gasteiger partial charge is 0.271 e. The van der Waals surface area contributed by atoms with Gasteiger partial charge in [0.1, 0.15) is 14.2 Å². The Labute approximate surface area is 203 Å². The number of thioether (sulfide) groups is 1. The summed E-state index contributed by atoms with van der Waals surface area (Å²) in [5, 5.41) is 4.88. The van der Waals surface area contributed by atoms with Crippen molar-refractivity contribution in [1.82, 2.24) is 4.57 Å². The predicted octanol–water partition coefficient (Wildman–Crippen LogP) is 4.12. The molecule has 3 heterocycles. The Bertz CT molecular complexity index is 1470. The van der Waals surface area contributed by atoms with E-state index in [4.69, 9.17) is 11.6 Å². The van der Waals surface area contributed by atoms with Crippen molar-refractivity contribution in [2.24, 2.45) is 0 Å². The lowest BCUT2D eigenvalue weighted by Crippen LogP contribution is -2.36. The van der Waals surface area contributed by atoms with Crippen LogP contribution >= 0.6 is 46.0 Å². The number of aromatic nitrogens is 2. The van der Waals surface area contributed by atoms with E-state index >= 15 is 0 Å². The molecule has 0 spiro atoms. The largest absolute Gasteiger partial charge is 0.337 e. The normalized spacial score (nSPS) is 15.5. The first kappa shape index (κ1) is 21.5. The molecule has 0 saturated carbocycles. The van der Waals surface area contributed by atoms with Gasteiger partial charge in [0.05, 0.1) is 17.1 Å². The second kappa shape index (κ2) is 8.90. The quantitative estimate of drug-likeness (QED) is 0.396. The molecule has 1 aliphatic heterocycles. The summed E-state index contributed by atoms with van der Waals surface area (Å²) in [6.45, 7) is 3.45. The molecule has 8 heteroatoms. The number of hydrogen-bond donors (Lipinski definition) is 0. The molecule has 4 nitrogen and oxygen atoms in total. The summed E-state index contributed by atoms with van der Waals surface area (Å²) in [6, 6.07) is 16.3. The summed E-state index contributed by atoms with van der Waals surface area (Å²) in [6.07, 6.45) is 4.24. The first-order valence-corrected chi connectivity index (χ1v) is 13.1. The summed E-state index contributed by atoms with van der Waals surface area (Å²) in [7, 11) is 2.01. The first-order chi connectivity index (χ1) is 15.5. The number of thiazole rings is 2. The molecule has 2 aromatic carbocycles. The number of rotatable bonds is 4. The van der Waals surface area contributed by atoms with Crippen molar-refractivity contribution in [1.29, 1.82) is 0 Å². The zero-order chi connectivity index (χ0) is 22.2. The Morgan fingerprint density at radius 2 is 1.97 bits per heavy atom. The summed E-state index contributed by atoms with van der Waals surface area (Å²) in [5.41, 5.74) is 2.39. The SMILES string of the molecule is CCn1c(=O)c(=C2Sc3cc(Cl)ccc3N2C)s/c1=C\c1scc[n+]1Cc1ccccc1. The van der Waals surface area contributed by atoms with Crippen molar-refractivity contribution >= 4 is 62.8 Å². The van der Waals surface area contributed by atoms with Crippen molar-refractivity contribution in [3.63, 3.8) is 0 Å². The first-order valence-electron chi connectivity index (χ1n) is 10.2. The van der Waals surface area contributed by atoms with E-state index in [1.54, 1.807) is 34.4 Å². The highest BCUT2D eigenvalue weighted by atomic mass is 35.5. The van der Waals surface area contributed by atoms with E-state index in [0.29, 0.717) is 11.6 Å². The van der Waals surface area contributed by atoms with Gasteiger partial charge in [-0.15, -0.1) is 11.3 Å². The number of benzene rings is 2. The third-order valence-electron chi connectivity index (χ3n) is 5.37. The van der Waals surface area contributed by atoms with E-state index in [0.717, 1.165) is 36.4 Å². The van der Waals surface area contributed by atoms with Gasteiger partial charge in [0.15, 0.2) is 12.7 Å². The molecule has 4 aromatic rings. The van der Waals surface area contributed by atoms with Crippen LogP contribution in [0.25, 0.3) is 11.1 Å². The fourth-order valence-electron chi connectivity index (χ4n) is 3.74. The molecule has 2 aromatic heterocycles. The van der Waals surface area contributed by atoms with Gasteiger partial charge in [-0.25, -0.2) is 0 Å². The maximum Gasteiger partial charge on any atom is 0.271 e. The Hall–Kier alpha value is -2.32. The lowest BCUT2D eigenvalue weighted by Gasteiger charge is -2.12. The van der Waals surface area contributed by atoms with Gasteiger partial charge in [-0.05, 0) is 25.1 Å². The second-order valence-corrected chi connectivity index (χ2v) is 10.8. The van der Waals surface area contributed by atoms with Crippen LogP contribution in [0.3, 0.4) is 0 Å².